The molecule has 1 aromatic carbocycles. The van der Waals surface area contributed by atoms with Gasteiger partial charge in [-0.05, 0) is 18.2 Å². The third-order valence-electron chi connectivity index (χ3n) is 3.91. The Morgan fingerprint density at radius 2 is 2.04 bits per heavy atom. The number of thiocarbonyl (C=S) groups is 1. The molecule has 0 saturated carbocycles. The number of hydrogen-bond donors (Lipinski definition) is 1. The standard InChI is InChI=1S/C17H11ClN2O5S2/c18-15-9(5-13-16(23)20(7-14(21)22)17(26)27-13)3-8-4-11-12(6-10(8)19-15)25-2-1-24-11/h3-6H,1-2,7H2,(H,21,22)/b13-5-. The maximum Gasteiger partial charge on any atom is 0.323 e. The third kappa shape index (κ3) is 3.45. The van der Waals surface area contributed by atoms with E-state index in [0.29, 0.717) is 40.7 Å². The Labute approximate surface area is 167 Å². The van der Waals surface area contributed by atoms with Crippen molar-refractivity contribution in [3.05, 3.63) is 33.8 Å². The zero-order valence-corrected chi connectivity index (χ0v) is 16.0. The van der Waals surface area contributed by atoms with Gasteiger partial charge in [0, 0.05) is 17.0 Å². The number of rotatable bonds is 3. The number of aliphatic carboxylic acids is 1. The highest BCUT2D eigenvalue weighted by Gasteiger charge is 2.33. The van der Waals surface area contributed by atoms with Crippen molar-refractivity contribution in [1.29, 1.82) is 0 Å². The van der Waals surface area contributed by atoms with Gasteiger partial charge in [-0.25, -0.2) is 4.98 Å². The van der Waals surface area contributed by atoms with Gasteiger partial charge < -0.3 is 14.6 Å². The minimum Gasteiger partial charge on any atom is -0.486 e. The van der Waals surface area contributed by atoms with Crippen LogP contribution in [0.2, 0.25) is 5.15 Å². The average Bonchev–Trinajstić information content (AvgIpc) is 2.88. The number of aromatic nitrogens is 1. The summed E-state index contributed by atoms with van der Waals surface area (Å²) < 4.78 is 11.3. The van der Waals surface area contributed by atoms with Crippen LogP contribution in [-0.2, 0) is 9.59 Å². The molecule has 3 heterocycles. The van der Waals surface area contributed by atoms with E-state index in [0.717, 1.165) is 22.0 Å². The average molecular weight is 423 g/mol. The molecule has 7 nitrogen and oxygen atoms in total. The maximum atomic E-state index is 12.4. The third-order valence-corrected chi connectivity index (χ3v) is 5.59. The minimum absolute atomic E-state index is 0.193. The Hall–Kier alpha value is -2.36. The monoisotopic (exact) mass is 422 g/mol. The van der Waals surface area contributed by atoms with Crippen molar-refractivity contribution in [3.63, 3.8) is 0 Å². The Morgan fingerprint density at radius 3 is 2.74 bits per heavy atom. The largest absolute Gasteiger partial charge is 0.486 e. The number of pyridine rings is 1. The highest BCUT2D eigenvalue weighted by Crippen LogP contribution is 2.37. The van der Waals surface area contributed by atoms with E-state index >= 15 is 0 Å². The fraction of sp³-hybridized carbons (Fsp3) is 0.176. The Morgan fingerprint density at radius 1 is 1.33 bits per heavy atom. The molecule has 1 saturated heterocycles. The van der Waals surface area contributed by atoms with Crippen LogP contribution in [0.4, 0.5) is 0 Å². The van der Waals surface area contributed by atoms with Crippen molar-refractivity contribution in [2.24, 2.45) is 0 Å². The number of halogens is 1. The van der Waals surface area contributed by atoms with Crippen LogP contribution < -0.4 is 9.47 Å². The number of thioether (sulfide) groups is 1. The quantitative estimate of drug-likeness (QED) is 0.459. The predicted molar refractivity (Wildman–Crippen MR) is 105 cm³/mol. The van der Waals surface area contributed by atoms with Gasteiger partial charge in [-0.2, -0.15) is 0 Å². The minimum atomic E-state index is -1.13. The molecule has 0 spiro atoms. The number of ether oxygens (including phenoxy) is 2. The molecule has 2 aromatic rings. The SMILES string of the molecule is O=C(O)CN1C(=O)/C(=C/c2cc3cc4c(cc3nc2Cl)OCCO4)SC1=S. The summed E-state index contributed by atoms with van der Waals surface area (Å²) in [7, 11) is 0. The van der Waals surface area contributed by atoms with Crippen LogP contribution in [0.1, 0.15) is 5.56 Å². The molecule has 0 unspecified atom stereocenters. The molecule has 27 heavy (non-hydrogen) atoms. The van der Waals surface area contributed by atoms with Gasteiger partial charge in [0.25, 0.3) is 5.91 Å². The highest BCUT2D eigenvalue weighted by molar-refractivity contribution is 8.26. The normalized spacial score (nSPS) is 17.8. The lowest BCUT2D eigenvalue weighted by molar-refractivity contribution is -0.140. The number of carbonyl (C=O) groups excluding carboxylic acids is 1. The fourth-order valence-electron chi connectivity index (χ4n) is 2.72. The molecular weight excluding hydrogens is 412 g/mol. The van der Waals surface area contributed by atoms with E-state index in [1.54, 1.807) is 24.3 Å². The van der Waals surface area contributed by atoms with Gasteiger partial charge in [0.05, 0.1) is 10.4 Å². The van der Waals surface area contributed by atoms with Crippen LogP contribution in [0, 0.1) is 0 Å². The molecule has 2 aliphatic heterocycles. The summed E-state index contributed by atoms with van der Waals surface area (Å²) in [5, 5.41) is 9.89. The van der Waals surface area contributed by atoms with Crippen LogP contribution in [0.15, 0.2) is 23.1 Å². The molecule has 1 aromatic heterocycles. The van der Waals surface area contributed by atoms with E-state index < -0.39 is 18.4 Å². The molecular formula is C17H11ClN2O5S2. The number of benzene rings is 1. The van der Waals surface area contributed by atoms with Crippen LogP contribution in [-0.4, -0.2) is 50.9 Å². The van der Waals surface area contributed by atoms with Crippen LogP contribution in [0.25, 0.3) is 17.0 Å². The summed E-state index contributed by atoms with van der Waals surface area (Å²) in [6, 6.07) is 5.35. The Kier molecular flexibility index (Phi) is 4.67. The summed E-state index contributed by atoms with van der Waals surface area (Å²) in [4.78, 5) is 29.0. The number of amides is 1. The lowest BCUT2D eigenvalue weighted by Crippen LogP contribution is -2.33. The molecule has 0 radical (unpaired) electrons. The first-order valence-corrected chi connectivity index (χ1v) is 9.40. The summed E-state index contributed by atoms with van der Waals surface area (Å²) in [5.41, 5.74) is 1.16. The first-order valence-electron chi connectivity index (χ1n) is 7.79. The van der Waals surface area contributed by atoms with Gasteiger partial charge in [-0.3, -0.25) is 14.5 Å². The topological polar surface area (TPSA) is 89.0 Å². The highest BCUT2D eigenvalue weighted by atomic mass is 35.5. The smallest absolute Gasteiger partial charge is 0.323 e. The molecule has 1 N–H and O–H groups in total. The lowest BCUT2D eigenvalue weighted by Gasteiger charge is -2.18. The fourth-order valence-corrected chi connectivity index (χ4v) is 4.16. The molecule has 1 fully saturated rings. The van der Waals surface area contributed by atoms with Crippen LogP contribution >= 0.6 is 35.6 Å². The van der Waals surface area contributed by atoms with E-state index in [4.69, 9.17) is 38.4 Å². The predicted octanol–water partition coefficient (Wildman–Crippen LogP) is 2.95. The van der Waals surface area contributed by atoms with Crippen LogP contribution in [0.5, 0.6) is 11.5 Å². The van der Waals surface area contributed by atoms with Gasteiger partial charge in [0.1, 0.15) is 29.2 Å². The van der Waals surface area contributed by atoms with Crippen LogP contribution in [0.3, 0.4) is 0 Å². The van der Waals surface area contributed by atoms with Crippen molar-refractivity contribution in [2.75, 3.05) is 19.8 Å². The van der Waals surface area contributed by atoms with E-state index in [2.05, 4.69) is 4.98 Å². The molecule has 138 valence electrons. The molecule has 10 heteroatoms. The van der Waals surface area contributed by atoms with Gasteiger partial charge in [0.15, 0.2) is 11.5 Å². The van der Waals surface area contributed by atoms with Crippen molar-refractivity contribution < 1.29 is 24.2 Å². The number of carboxylic acids is 1. The summed E-state index contributed by atoms with van der Waals surface area (Å²) in [6.45, 7) is 0.468. The zero-order chi connectivity index (χ0) is 19.1. The van der Waals surface area contributed by atoms with Crippen molar-refractivity contribution in [1.82, 2.24) is 9.88 Å². The number of nitrogens with zero attached hydrogens (tertiary/aromatic N) is 2. The van der Waals surface area contributed by atoms with Gasteiger partial charge in [-0.1, -0.05) is 35.6 Å². The zero-order valence-electron chi connectivity index (χ0n) is 13.6. The van der Waals surface area contributed by atoms with Crippen molar-refractivity contribution in [3.8, 4) is 11.5 Å². The summed E-state index contributed by atoms with van der Waals surface area (Å²) in [6.07, 6.45) is 1.56. The molecule has 1 amide bonds. The van der Waals surface area contributed by atoms with E-state index in [1.807, 2.05) is 0 Å². The summed E-state index contributed by atoms with van der Waals surface area (Å²) >= 11 is 12.4. The number of carboxylic acid groups (broad SMARTS) is 1. The van der Waals surface area contributed by atoms with E-state index in [-0.39, 0.29) is 9.47 Å². The maximum absolute atomic E-state index is 12.4. The van der Waals surface area contributed by atoms with Crippen molar-refractivity contribution >= 4 is 68.8 Å². The first kappa shape index (κ1) is 18.0. The Bertz CT molecular complexity index is 1040. The van der Waals surface area contributed by atoms with E-state index in [1.165, 1.54) is 0 Å². The second kappa shape index (κ2) is 6.99. The summed E-state index contributed by atoms with van der Waals surface area (Å²) in [5.74, 6) is -0.369. The van der Waals surface area contributed by atoms with Gasteiger partial charge >= 0.3 is 5.97 Å². The number of carbonyl (C=O) groups is 2. The molecule has 2 aliphatic rings. The molecule has 0 aliphatic carbocycles. The van der Waals surface area contributed by atoms with Gasteiger partial charge in [0.2, 0.25) is 0 Å². The second-order valence-electron chi connectivity index (χ2n) is 5.72. The molecule has 4 rings (SSSR count). The number of hydrogen-bond acceptors (Lipinski definition) is 7. The molecule has 0 atom stereocenters. The van der Waals surface area contributed by atoms with Gasteiger partial charge in [-0.15, -0.1) is 0 Å². The Balaban J connectivity index is 1.72. The van der Waals surface area contributed by atoms with E-state index in [9.17, 15) is 9.59 Å². The molecule has 0 bridgehead atoms. The van der Waals surface area contributed by atoms with Crippen molar-refractivity contribution in [2.45, 2.75) is 0 Å². The number of fused-ring (bicyclic) bond motifs is 2. The lowest BCUT2D eigenvalue weighted by atomic mass is 10.1. The first-order chi connectivity index (χ1) is 12.9. The second-order valence-corrected chi connectivity index (χ2v) is 7.75.